The van der Waals surface area contributed by atoms with E-state index in [1.165, 1.54) is 15.3 Å². The molecule has 0 bridgehead atoms. The van der Waals surface area contributed by atoms with Gasteiger partial charge in [0.2, 0.25) is 15.9 Å². The van der Waals surface area contributed by atoms with E-state index in [0.29, 0.717) is 37.3 Å². The van der Waals surface area contributed by atoms with E-state index >= 15 is 0 Å². The summed E-state index contributed by atoms with van der Waals surface area (Å²) in [7, 11) is -2.10. The van der Waals surface area contributed by atoms with Crippen molar-refractivity contribution in [1.29, 1.82) is 0 Å². The van der Waals surface area contributed by atoms with Gasteiger partial charge < -0.3 is 9.64 Å². The number of nitrogens with zero attached hydrogens (tertiary/aromatic N) is 2. The maximum absolute atomic E-state index is 13.9. The smallest absolute Gasteiger partial charge is 0.243 e. The van der Waals surface area contributed by atoms with Crippen molar-refractivity contribution >= 4 is 15.9 Å². The summed E-state index contributed by atoms with van der Waals surface area (Å²) < 4.78 is 47.2. The molecule has 1 saturated heterocycles. The Balaban J connectivity index is 1.72. The first-order chi connectivity index (χ1) is 14.7. The van der Waals surface area contributed by atoms with Crippen LogP contribution in [0.3, 0.4) is 0 Å². The van der Waals surface area contributed by atoms with Gasteiger partial charge in [-0.15, -0.1) is 0 Å². The van der Waals surface area contributed by atoms with E-state index in [-0.39, 0.29) is 29.7 Å². The molecular weight excluding hydrogens is 419 g/mol. The second kappa shape index (κ2) is 9.78. The summed E-state index contributed by atoms with van der Waals surface area (Å²) in [5, 5.41) is 0. The number of carbonyl (C=O) groups excluding carboxylic acids is 1. The van der Waals surface area contributed by atoms with E-state index in [0.717, 1.165) is 5.56 Å². The summed E-state index contributed by atoms with van der Waals surface area (Å²) in [6.45, 7) is 4.82. The molecule has 1 amide bonds. The lowest BCUT2D eigenvalue weighted by Crippen LogP contribution is -2.45. The van der Waals surface area contributed by atoms with Crippen molar-refractivity contribution in [3.8, 4) is 5.75 Å². The van der Waals surface area contributed by atoms with Gasteiger partial charge in [0.25, 0.3) is 0 Å². The summed E-state index contributed by atoms with van der Waals surface area (Å²) in [5.74, 6) is -0.334. The van der Waals surface area contributed by atoms with Crippen LogP contribution in [0, 0.1) is 18.7 Å². The molecule has 31 heavy (non-hydrogen) atoms. The van der Waals surface area contributed by atoms with Crippen LogP contribution < -0.4 is 4.74 Å². The Labute approximate surface area is 183 Å². The topological polar surface area (TPSA) is 66.9 Å². The highest BCUT2D eigenvalue weighted by atomic mass is 32.2. The van der Waals surface area contributed by atoms with Gasteiger partial charge in [0.05, 0.1) is 17.4 Å². The maximum atomic E-state index is 13.9. The number of hydrogen-bond donors (Lipinski definition) is 0. The number of aryl methyl sites for hydroxylation is 1. The van der Waals surface area contributed by atoms with Gasteiger partial charge in [-0.1, -0.05) is 18.2 Å². The van der Waals surface area contributed by atoms with Crippen LogP contribution in [0.1, 0.15) is 30.9 Å². The number of sulfonamides is 1. The monoisotopic (exact) mass is 448 g/mol. The summed E-state index contributed by atoms with van der Waals surface area (Å²) in [5.41, 5.74) is 1.18. The molecule has 2 aromatic rings. The molecule has 6 nitrogen and oxygen atoms in total. The van der Waals surface area contributed by atoms with Crippen molar-refractivity contribution in [2.75, 3.05) is 26.7 Å². The minimum absolute atomic E-state index is 0.120. The maximum Gasteiger partial charge on any atom is 0.243 e. The van der Waals surface area contributed by atoms with Crippen molar-refractivity contribution in [1.82, 2.24) is 9.21 Å². The summed E-state index contributed by atoms with van der Waals surface area (Å²) in [4.78, 5) is 14.6. The minimum Gasteiger partial charge on any atom is -0.494 e. The fourth-order valence-electron chi connectivity index (χ4n) is 3.88. The van der Waals surface area contributed by atoms with Gasteiger partial charge in [0.15, 0.2) is 0 Å². The molecule has 1 atom stereocenters. The molecular formula is C23H29FN2O4S. The molecule has 1 aliphatic heterocycles. The second-order valence-electron chi connectivity index (χ2n) is 7.85. The third-order valence-electron chi connectivity index (χ3n) is 5.56. The fraction of sp³-hybridized carbons (Fsp3) is 0.435. The Hall–Kier alpha value is -2.45. The highest BCUT2D eigenvalue weighted by Gasteiger charge is 2.34. The van der Waals surface area contributed by atoms with Crippen LogP contribution in [0.4, 0.5) is 4.39 Å². The molecule has 0 N–H and O–H groups in total. The number of hydrogen-bond acceptors (Lipinski definition) is 4. The molecule has 0 aliphatic carbocycles. The van der Waals surface area contributed by atoms with E-state index in [4.69, 9.17) is 4.74 Å². The van der Waals surface area contributed by atoms with E-state index in [1.807, 2.05) is 13.8 Å². The third-order valence-corrected chi connectivity index (χ3v) is 7.42. The fourth-order valence-corrected chi connectivity index (χ4v) is 5.49. The van der Waals surface area contributed by atoms with Crippen LogP contribution in [0.5, 0.6) is 5.75 Å². The first kappa shape index (κ1) is 23.2. The van der Waals surface area contributed by atoms with Gasteiger partial charge in [0.1, 0.15) is 11.6 Å². The van der Waals surface area contributed by atoms with Crippen molar-refractivity contribution in [3.63, 3.8) is 0 Å². The zero-order valence-corrected chi connectivity index (χ0v) is 19.0. The van der Waals surface area contributed by atoms with Crippen LogP contribution >= 0.6 is 0 Å². The standard InChI is InChI=1S/C23H29FN2O4S/c1-4-30-22-12-11-20(14-17(22)2)31(28,29)26-13-7-9-19(16-26)23(27)25(3)15-18-8-5-6-10-21(18)24/h5-6,8,10-12,14,19H,4,7,9,13,15-16H2,1-3H3/t19-/m1/s1. The third kappa shape index (κ3) is 5.25. The molecule has 1 heterocycles. The molecule has 0 unspecified atom stereocenters. The highest BCUT2D eigenvalue weighted by molar-refractivity contribution is 7.89. The number of amides is 1. The Bertz CT molecular complexity index is 1040. The highest BCUT2D eigenvalue weighted by Crippen LogP contribution is 2.28. The average molecular weight is 449 g/mol. The zero-order chi connectivity index (χ0) is 22.6. The van der Waals surface area contributed by atoms with Crippen LogP contribution in [0.25, 0.3) is 0 Å². The Morgan fingerprint density at radius 2 is 2.00 bits per heavy atom. The molecule has 1 aliphatic rings. The summed E-state index contributed by atoms with van der Waals surface area (Å²) >= 11 is 0. The Morgan fingerprint density at radius 3 is 2.68 bits per heavy atom. The summed E-state index contributed by atoms with van der Waals surface area (Å²) in [6.07, 6.45) is 1.20. The number of carbonyl (C=O) groups is 1. The van der Waals surface area contributed by atoms with Gasteiger partial charge in [0, 0.05) is 32.2 Å². The quantitative estimate of drug-likeness (QED) is 0.649. The lowest BCUT2D eigenvalue weighted by molar-refractivity contribution is -0.135. The zero-order valence-electron chi connectivity index (χ0n) is 18.2. The van der Waals surface area contributed by atoms with Gasteiger partial charge in [-0.3, -0.25) is 4.79 Å². The molecule has 1 fully saturated rings. The van der Waals surface area contributed by atoms with E-state index in [9.17, 15) is 17.6 Å². The number of ether oxygens (including phenoxy) is 1. The number of benzene rings is 2. The van der Waals surface area contributed by atoms with Crippen LogP contribution in [0.15, 0.2) is 47.4 Å². The van der Waals surface area contributed by atoms with Crippen LogP contribution in [-0.2, 0) is 21.4 Å². The molecule has 2 aromatic carbocycles. The van der Waals surface area contributed by atoms with E-state index in [1.54, 1.807) is 43.4 Å². The van der Waals surface area contributed by atoms with Gasteiger partial charge in [-0.05, 0) is 56.5 Å². The molecule has 8 heteroatoms. The number of halogens is 1. The first-order valence-electron chi connectivity index (χ1n) is 10.5. The largest absolute Gasteiger partial charge is 0.494 e. The second-order valence-corrected chi connectivity index (χ2v) is 9.79. The predicted molar refractivity (Wildman–Crippen MR) is 117 cm³/mol. The number of piperidine rings is 1. The SMILES string of the molecule is CCOc1ccc(S(=O)(=O)N2CCC[C@@H](C(=O)N(C)Cc3ccccc3F)C2)cc1C. The van der Waals surface area contributed by atoms with Crippen molar-refractivity contribution in [3.05, 3.63) is 59.4 Å². The van der Waals surface area contributed by atoms with Gasteiger partial charge in [-0.2, -0.15) is 4.31 Å². The predicted octanol–water partition coefficient (Wildman–Crippen LogP) is 3.59. The van der Waals surface area contributed by atoms with Crippen molar-refractivity contribution in [2.45, 2.75) is 38.1 Å². The Kier molecular flexibility index (Phi) is 7.33. The van der Waals surface area contributed by atoms with E-state index in [2.05, 4.69) is 0 Å². The molecule has 168 valence electrons. The normalized spacial score (nSPS) is 17.4. The molecule has 0 spiro atoms. The molecule has 0 aromatic heterocycles. The Morgan fingerprint density at radius 1 is 1.26 bits per heavy atom. The van der Waals surface area contributed by atoms with Gasteiger partial charge in [-0.25, -0.2) is 12.8 Å². The molecule has 3 rings (SSSR count). The van der Waals surface area contributed by atoms with E-state index < -0.39 is 15.9 Å². The van der Waals surface area contributed by atoms with Crippen molar-refractivity contribution in [2.24, 2.45) is 5.92 Å². The lowest BCUT2D eigenvalue weighted by atomic mass is 9.98. The van der Waals surface area contributed by atoms with Gasteiger partial charge >= 0.3 is 0 Å². The molecule has 0 radical (unpaired) electrons. The molecule has 0 saturated carbocycles. The minimum atomic E-state index is -3.73. The average Bonchev–Trinajstić information content (AvgIpc) is 2.76. The first-order valence-corrected chi connectivity index (χ1v) is 11.9. The lowest BCUT2D eigenvalue weighted by Gasteiger charge is -2.33. The van der Waals surface area contributed by atoms with Crippen molar-refractivity contribution < 1.29 is 22.3 Å². The van der Waals surface area contributed by atoms with Crippen LogP contribution in [0.2, 0.25) is 0 Å². The number of rotatable bonds is 7. The summed E-state index contributed by atoms with van der Waals surface area (Å²) in [6, 6.07) is 11.2. The van der Waals surface area contributed by atoms with Crippen LogP contribution in [-0.4, -0.2) is 50.3 Å².